The molecule has 1 heterocycles. The summed E-state index contributed by atoms with van der Waals surface area (Å²) in [6.45, 7) is 0. The van der Waals surface area contributed by atoms with Crippen molar-refractivity contribution in [1.29, 1.82) is 0 Å². The van der Waals surface area contributed by atoms with Crippen molar-refractivity contribution in [3.05, 3.63) is 107 Å². The number of aromatic carboxylic acids is 1. The van der Waals surface area contributed by atoms with E-state index >= 15 is 0 Å². The van der Waals surface area contributed by atoms with Crippen LogP contribution in [0, 0.1) is 0 Å². The second-order valence-electron chi connectivity index (χ2n) is 6.76. The molecule has 0 radical (unpaired) electrons. The number of benzene rings is 3. The normalized spacial score (nSPS) is 14.7. The molecule has 0 atom stereocenters. The molecule has 1 aliphatic heterocycles. The number of nitrogens with zero attached hydrogens (tertiary/aromatic N) is 1. The molecule has 1 N–H and O–H groups in total. The largest absolute Gasteiger partial charge is 0.497 e. The van der Waals surface area contributed by atoms with E-state index in [2.05, 4.69) is 0 Å². The van der Waals surface area contributed by atoms with E-state index in [0.717, 1.165) is 16.9 Å². The van der Waals surface area contributed by atoms with Gasteiger partial charge in [-0.25, -0.2) is 4.79 Å². The summed E-state index contributed by atoms with van der Waals surface area (Å²) in [5.74, 6) is -0.516. The van der Waals surface area contributed by atoms with Crippen molar-refractivity contribution in [2.24, 2.45) is 0 Å². The lowest BCUT2D eigenvalue weighted by molar-refractivity contribution is -0.113. The average molecular weight is 397 g/mol. The van der Waals surface area contributed by atoms with Crippen LogP contribution in [0.3, 0.4) is 0 Å². The predicted molar refractivity (Wildman–Crippen MR) is 116 cm³/mol. The summed E-state index contributed by atoms with van der Waals surface area (Å²) in [6.07, 6.45) is 3.64. The Bertz CT molecular complexity index is 1160. The van der Waals surface area contributed by atoms with E-state index in [-0.39, 0.29) is 11.5 Å². The number of ether oxygens (including phenoxy) is 1. The highest BCUT2D eigenvalue weighted by molar-refractivity contribution is 6.23. The zero-order chi connectivity index (χ0) is 21.1. The van der Waals surface area contributed by atoms with E-state index in [0.29, 0.717) is 17.0 Å². The highest BCUT2D eigenvalue weighted by Crippen LogP contribution is 2.35. The number of amides is 1. The van der Waals surface area contributed by atoms with Crippen molar-refractivity contribution in [1.82, 2.24) is 0 Å². The van der Waals surface area contributed by atoms with Crippen molar-refractivity contribution in [2.45, 2.75) is 0 Å². The van der Waals surface area contributed by atoms with Gasteiger partial charge in [0.2, 0.25) is 0 Å². The van der Waals surface area contributed by atoms with Crippen molar-refractivity contribution >= 4 is 29.3 Å². The molecule has 1 aliphatic rings. The monoisotopic (exact) mass is 397 g/mol. The van der Waals surface area contributed by atoms with Crippen LogP contribution in [0.25, 0.3) is 11.8 Å². The first kappa shape index (κ1) is 19.2. The second-order valence-corrected chi connectivity index (χ2v) is 6.76. The molecule has 1 amide bonds. The third-order valence-electron chi connectivity index (χ3n) is 4.84. The lowest BCUT2D eigenvalue weighted by Gasteiger charge is -2.21. The zero-order valence-corrected chi connectivity index (χ0v) is 16.3. The molecule has 0 bridgehead atoms. The summed E-state index contributed by atoms with van der Waals surface area (Å²) in [4.78, 5) is 26.3. The van der Waals surface area contributed by atoms with Gasteiger partial charge in [-0.2, -0.15) is 0 Å². The number of carboxylic acids is 1. The maximum Gasteiger partial charge on any atom is 0.335 e. The van der Waals surface area contributed by atoms with E-state index < -0.39 is 5.97 Å². The number of hydrogen-bond acceptors (Lipinski definition) is 3. The number of carbonyl (C=O) groups excluding carboxylic acids is 1. The number of hydrogen-bond donors (Lipinski definition) is 1. The van der Waals surface area contributed by atoms with Crippen molar-refractivity contribution in [2.75, 3.05) is 12.0 Å². The third kappa shape index (κ3) is 3.73. The molecule has 5 nitrogen and oxygen atoms in total. The maximum absolute atomic E-state index is 13.3. The Kier molecular flexibility index (Phi) is 5.18. The summed E-state index contributed by atoms with van der Waals surface area (Å²) < 4.78 is 5.18. The standard InChI is InChI=1S/C25H19NO4/c1-30-22-12-10-17(11-13-22)14-20-16-23(18-6-3-2-4-7-18)26(24(20)27)21-9-5-8-19(15-21)25(28)29/h2-16H,1H3,(H,28,29). The molecular weight excluding hydrogens is 378 g/mol. The van der Waals surface area contributed by atoms with E-state index in [1.165, 1.54) is 12.1 Å². The molecule has 0 aliphatic carbocycles. The maximum atomic E-state index is 13.3. The van der Waals surface area contributed by atoms with E-state index in [4.69, 9.17) is 4.74 Å². The quantitative estimate of drug-likeness (QED) is 0.624. The van der Waals surface area contributed by atoms with Crippen LogP contribution in [0.1, 0.15) is 21.5 Å². The first-order chi connectivity index (χ1) is 14.6. The van der Waals surface area contributed by atoms with Crippen molar-refractivity contribution in [3.63, 3.8) is 0 Å². The zero-order valence-electron chi connectivity index (χ0n) is 16.3. The Morgan fingerprint density at radius 1 is 0.967 bits per heavy atom. The summed E-state index contributed by atoms with van der Waals surface area (Å²) in [6, 6.07) is 23.4. The van der Waals surface area contributed by atoms with E-state index in [9.17, 15) is 14.7 Å². The van der Waals surface area contributed by atoms with Crippen LogP contribution in [0.5, 0.6) is 5.75 Å². The fourth-order valence-corrected chi connectivity index (χ4v) is 3.35. The molecule has 0 fully saturated rings. The molecular formula is C25H19NO4. The minimum atomic E-state index is -1.04. The van der Waals surface area contributed by atoms with Gasteiger partial charge < -0.3 is 9.84 Å². The van der Waals surface area contributed by atoms with Crippen LogP contribution in [-0.4, -0.2) is 24.1 Å². The van der Waals surface area contributed by atoms with Crippen LogP contribution in [-0.2, 0) is 4.79 Å². The van der Waals surface area contributed by atoms with E-state index in [1.54, 1.807) is 24.1 Å². The Morgan fingerprint density at radius 2 is 1.70 bits per heavy atom. The van der Waals surface area contributed by atoms with Crippen molar-refractivity contribution in [3.8, 4) is 5.75 Å². The van der Waals surface area contributed by atoms with Gasteiger partial charge in [-0.3, -0.25) is 9.69 Å². The number of carbonyl (C=O) groups is 2. The van der Waals surface area contributed by atoms with Crippen LogP contribution in [0.4, 0.5) is 5.69 Å². The highest BCUT2D eigenvalue weighted by Gasteiger charge is 2.30. The Balaban J connectivity index is 1.80. The van der Waals surface area contributed by atoms with Gasteiger partial charge in [0.05, 0.1) is 24.1 Å². The van der Waals surface area contributed by atoms with Gasteiger partial charge in [0.1, 0.15) is 5.75 Å². The Hall–Kier alpha value is -4.12. The third-order valence-corrected chi connectivity index (χ3v) is 4.84. The van der Waals surface area contributed by atoms with Gasteiger partial charge in [0.25, 0.3) is 5.91 Å². The molecule has 4 rings (SSSR count). The molecule has 0 aromatic heterocycles. The fourth-order valence-electron chi connectivity index (χ4n) is 3.35. The Morgan fingerprint density at radius 3 is 2.37 bits per heavy atom. The van der Waals surface area contributed by atoms with E-state index in [1.807, 2.05) is 66.7 Å². The average Bonchev–Trinajstić information content (AvgIpc) is 3.11. The molecule has 148 valence electrons. The molecule has 5 heteroatoms. The molecule has 3 aromatic rings. The first-order valence-electron chi connectivity index (χ1n) is 9.37. The SMILES string of the molecule is COc1ccc(C=C2C=C(c3ccccc3)N(c3cccc(C(=O)O)c3)C2=O)cc1. The number of anilines is 1. The molecule has 0 saturated heterocycles. The van der Waals surface area contributed by atoms with Gasteiger partial charge in [0, 0.05) is 5.57 Å². The summed E-state index contributed by atoms with van der Waals surface area (Å²) in [5, 5.41) is 9.35. The van der Waals surface area contributed by atoms with Crippen LogP contribution in [0.2, 0.25) is 0 Å². The van der Waals surface area contributed by atoms with Crippen LogP contribution in [0.15, 0.2) is 90.5 Å². The molecule has 0 spiro atoms. The number of carboxylic acid groups (broad SMARTS) is 1. The van der Waals surface area contributed by atoms with Gasteiger partial charge >= 0.3 is 5.97 Å². The Labute approximate surface area is 174 Å². The first-order valence-corrected chi connectivity index (χ1v) is 9.37. The molecule has 0 unspecified atom stereocenters. The van der Waals surface area contributed by atoms with Gasteiger partial charge in [0.15, 0.2) is 0 Å². The lowest BCUT2D eigenvalue weighted by Crippen LogP contribution is -2.25. The minimum Gasteiger partial charge on any atom is -0.497 e. The number of methoxy groups -OCH3 is 1. The summed E-state index contributed by atoms with van der Waals surface area (Å²) in [5.41, 5.74) is 3.57. The van der Waals surface area contributed by atoms with Crippen LogP contribution < -0.4 is 9.64 Å². The lowest BCUT2D eigenvalue weighted by atomic mass is 10.1. The van der Waals surface area contributed by atoms with Gasteiger partial charge in [-0.1, -0.05) is 48.5 Å². The summed E-state index contributed by atoms with van der Waals surface area (Å²) in [7, 11) is 1.60. The smallest absolute Gasteiger partial charge is 0.335 e. The van der Waals surface area contributed by atoms with Gasteiger partial charge in [-0.15, -0.1) is 0 Å². The van der Waals surface area contributed by atoms with Crippen molar-refractivity contribution < 1.29 is 19.4 Å². The van der Waals surface area contributed by atoms with Gasteiger partial charge in [-0.05, 0) is 53.6 Å². The fraction of sp³-hybridized carbons (Fsp3) is 0.0400. The second kappa shape index (κ2) is 8.09. The molecule has 3 aromatic carbocycles. The number of rotatable bonds is 5. The highest BCUT2D eigenvalue weighted by atomic mass is 16.5. The summed E-state index contributed by atoms with van der Waals surface area (Å²) >= 11 is 0. The minimum absolute atomic E-state index is 0.125. The molecule has 30 heavy (non-hydrogen) atoms. The predicted octanol–water partition coefficient (Wildman–Crippen LogP) is 4.86. The molecule has 0 saturated carbocycles. The van der Waals surface area contributed by atoms with Crippen LogP contribution >= 0.6 is 0 Å². The topological polar surface area (TPSA) is 66.8 Å².